The zero-order valence-electron chi connectivity index (χ0n) is 11.0. The minimum absolute atomic E-state index is 0.0897. The summed E-state index contributed by atoms with van der Waals surface area (Å²) in [6.45, 7) is 4.35. The van der Waals surface area contributed by atoms with Crippen molar-refractivity contribution >= 4 is 5.97 Å². The van der Waals surface area contributed by atoms with Gasteiger partial charge in [0.05, 0.1) is 5.92 Å². The molecule has 0 rings (SSSR count). The van der Waals surface area contributed by atoms with Gasteiger partial charge in [-0.05, 0) is 12.8 Å². The average molecular weight is 228 g/mol. The van der Waals surface area contributed by atoms with Gasteiger partial charge < -0.3 is 5.11 Å². The fourth-order valence-electron chi connectivity index (χ4n) is 2.03. The van der Waals surface area contributed by atoms with Crippen molar-refractivity contribution in [1.29, 1.82) is 0 Å². The minimum Gasteiger partial charge on any atom is -0.481 e. The molecule has 1 atom stereocenters. The van der Waals surface area contributed by atoms with Crippen LogP contribution in [0.25, 0.3) is 0 Å². The Morgan fingerprint density at radius 2 is 1.31 bits per heavy atom. The summed E-state index contributed by atoms with van der Waals surface area (Å²) in [6, 6.07) is 0. The van der Waals surface area contributed by atoms with Crippen LogP contribution in [-0.2, 0) is 4.79 Å². The molecule has 0 spiro atoms. The lowest BCUT2D eigenvalue weighted by atomic mass is 9.95. The summed E-state index contributed by atoms with van der Waals surface area (Å²) >= 11 is 0. The number of carbonyl (C=O) groups is 1. The minimum atomic E-state index is -0.591. The van der Waals surface area contributed by atoms with Gasteiger partial charge in [0, 0.05) is 0 Å². The van der Waals surface area contributed by atoms with Gasteiger partial charge in [0.2, 0.25) is 0 Å². The van der Waals surface area contributed by atoms with Gasteiger partial charge in [-0.3, -0.25) is 4.79 Å². The summed E-state index contributed by atoms with van der Waals surface area (Å²) in [7, 11) is 0. The number of rotatable bonds is 11. The van der Waals surface area contributed by atoms with E-state index in [1.54, 1.807) is 0 Å². The second kappa shape index (κ2) is 11.0. The van der Waals surface area contributed by atoms with Crippen LogP contribution in [0.4, 0.5) is 0 Å². The van der Waals surface area contributed by atoms with Gasteiger partial charge >= 0.3 is 5.97 Å². The zero-order chi connectivity index (χ0) is 12.2. The van der Waals surface area contributed by atoms with Crippen molar-refractivity contribution < 1.29 is 9.90 Å². The summed E-state index contributed by atoms with van der Waals surface area (Å²) in [5.74, 6) is -0.681. The largest absolute Gasteiger partial charge is 0.481 e. The van der Waals surface area contributed by atoms with Gasteiger partial charge in [-0.1, -0.05) is 65.2 Å². The first-order valence-corrected chi connectivity index (χ1v) is 6.95. The van der Waals surface area contributed by atoms with Gasteiger partial charge in [-0.15, -0.1) is 0 Å². The Morgan fingerprint density at radius 1 is 0.875 bits per heavy atom. The molecule has 0 aliphatic rings. The molecule has 1 unspecified atom stereocenters. The number of hydrogen-bond donors (Lipinski definition) is 1. The van der Waals surface area contributed by atoms with E-state index in [-0.39, 0.29) is 5.92 Å². The molecule has 2 heteroatoms. The van der Waals surface area contributed by atoms with E-state index in [9.17, 15) is 4.79 Å². The lowest BCUT2D eigenvalue weighted by Gasteiger charge is -2.11. The lowest BCUT2D eigenvalue weighted by molar-refractivity contribution is -0.142. The fraction of sp³-hybridized carbons (Fsp3) is 0.929. The molecule has 1 N–H and O–H groups in total. The first kappa shape index (κ1) is 15.5. The second-order valence-electron chi connectivity index (χ2n) is 4.73. The number of carboxylic acid groups (broad SMARTS) is 1. The number of aliphatic carboxylic acids is 1. The Morgan fingerprint density at radius 3 is 1.81 bits per heavy atom. The Balaban J connectivity index is 3.56. The molecule has 0 aromatic heterocycles. The summed E-state index contributed by atoms with van der Waals surface area (Å²) in [4.78, 5) is 11.0. The molecule has 0 saturated heterocycles. The van der Waals surface area contributed by atoms with Crippen molar-refractivity contribution in [1.82, 2.24) is 0 Å². The molecule has 0 aromatic rings. The highest BCUT2D eigenvalue weighted by atomic mass is 16.4. The zero-order valence-corrected chi connectivity index (χ0v) is 11.0. The molecule has 0 aliphatic heterocycles. The maximum Gasteiger partial charge on any atom is 0.306 e. The van der Waals surface area contributed by atoms with Crippen LogP contribution < -0.4 is 0 Å². The molecular weight excluding hydrogens is 200 g/mol. The molecule has 16 heavy (non-hydrogen) atoms. The normalized spacial score (nSPS) is 12.6. The van der Waals surface area contributed by atoms with Crippen molar-refractivity contribution in [3.8, 4) is 0 Å². The van der Waals surface area contributed by atoms with Crippen LogP contribution in [0.1, 0.15) is 78.1 Å². The third kappa shape index (κ3) is 8.75. The quantitative estimate of drug-likeness (QED) is 0.523. The van der Waals surface area contributed by atoms with Crippen LogP contribution in [-0.4, -0.2) is 11.1 Å². The SMILES string of the molecule is CCCCCCCC(CCCCC)C(=O)O. The van der Waals surface area contributed by atoms with Crippen LogP contribution >= 0.6 is 0 Å². The van der Waals surface area contributed by atoms with Crippen molar-refractivity contribution in [3.05, 3.63) is 0 Å². The van der Waals surface area contributed by atoms with Crippen molar-refractivity contribution in [2.45, 2.75) is 78.1 Å². The molecule has 0 heterocycles. The number of hydrogen-bond acceptors (Lipinski definition) is 1. The summed E-state index contributed by atoms with van der Waals surface area (Å²) < 4.78 is 0. The van der Waals surface area contributed by atoms with Gasteiger partial charge in [0.15, 0.2) is 0 Å². The van der Waals surface area contributed by atoms with Crippen LogP contribution in [0.5, 0.6) is 0 Å². The number of carboxylic acids is 1. The van der Waals surface area contributed by atoms with Crippen LogP contribution in [0.2, 0.25) is 0 Å². The van der Waals surface area contributed by atoms with Crippen LogP contribution in [0.3, 0.4) is 0 Å². The molecule has 0 radical (unpaired) electrons. The Hall–Kier alpha value is -0.530. The average Bonchev–Trinajstić information content (AvgIpc) is 2.26. The predicted octanol–water partition coefficient (Wildman–Crippen LogP) is 4.63. The van der Waals surface area contributed by atoms with E-state index in [2.05, 4.69) is 13.8 Å². The molecule has 0 bridgehead atoms. The molecule has 0 fully saturated rings. The third-order valence-corrected chi connectivity index (χ3v) is 3.16. The smallest absolute Gasteiger partial charge is 0.306 e. The maximum absolute atomic E-state index is 11.0. The van der Waals surface area contributed by atoms with Crippen LogP contribution in [0.15, 0.2) is 0 Å². The van der Waals surface area contributed by atoms with Crippen molar-refractivity contribution in [2.75, 3.05) is 0 Å². The van der Waals surface area contributed by atoms with Gasteiger partial charge in [-0.2, -0.15) is 0 Å². The van der Waals surface area contributed by atoms with Gasteiger partial charge in [0.1, 0.15) is 0 Å². The lowest BCUT2D eigenvalue weighted by Crippen LogP contribution is -2.13. The van der Waals surface area contributed by atoms with Gasteiger partial charge in [0.25, 0.3) is 0 Å². The predicted molar refractivity (Wildman–Crippen MR) is 68.6 cm³/mol. The summed E-state index contributed by atoms with van der Waals surface area (Å²) in [5.41, 5.74) is 0. The Bertz CT molecular complexity index is 166. The molecule has 2 nitrogen and oxygen atoms in total. The van der Waals surface area contributed by atoms with E-state index in [4.69, 9.17) is 5.11 Å². The van der Waals surface area contributed by atoms with Crippen molar-refractivity contribution in [2.24, 2.45) is 5.92 Å². The number of unbranched alkanes of at least 4 members (excludes halogenated alkanes) is 6. The van der Waals surface area contributed by atoms with E-state index in [1.165, 1.54) is 38.5 Å². The molecular formula is C14H28O2. The second-order valence-corrected chi connectivity index (χ2v) is 4.73. The third-order valence-electron chi connectivity index (χ3n) is 3.16. The van der Waals surface area contributed by atoms with E-state index < -0.39 is 5.97 Å². The first-order chi connectivity index (χ1) is 7.72. The Kier molecular flexibility index (Phi) is 10.6. The van der Waals surface area contributed by atoms with Gasteiger partial charge in [-0.25, -0.2) is 0 Å². The summed E-state index contributed by atoms with van der Waals surface area (Å²) in [6.07, 6.45) is 11.2. The molecule has 0 aromatic carbocycles. The molecule has 96 valence electrons. The maximum atomic E-state index is 11.0. The monoisotopic (exact) mass is 228 g/mol. The van der Waals surface area contributed by atoms with E-state index in [0.717, 1.165) is 25.7 Å². The molecule has 0 saturated carbocycles. The highest BCUT2D eigenvalue weighted by molar-refractivity contribution is 5.69. The highest BCUT2D eigenvalue weighted by Crippen LogP contribution is 2.18. The molecule has 0 amide bonds. The topological polar surface area (TPSA) is 37.3 Å². The van der Waals surface area contributed by atoms with Crippen LogP contribution in [0, 0.1) is 5.92 Å². The molecule has 0 aliphatic carbocycles. The first-order valence-electron chi connectivity index (χ1n) is 6.95. The standard InChI is InChI=1S/C14H28O2/c1-3-5-7-8-10-12-13(14(15)16)11-9-6-4-2/h13H,3-12H2,1-2H3,(H,15,16). The van der Waals surface area contributed by atoms with E-state index >= 15 is 0 Å². The Labute approximate surface area is 100 Å². The van der Waals surface area contributed by atoms with E-state index in [0.29, 0.717) is 0 Å². The highest BCUT2D eigenvalue weighted by Gasteiger charge is 2.15. The summed E-state index contributed by atoms with van der Waals surface area (Å²) in [5, 5.41) is 9.08. The van der Waals surface area contributed by atoms with Crippen molar-refractivity contribution in [3.63, 3.8) is 0 Å². The fourth-order valence-corrected chi connectivity index (χ4v) is 2.03. The van der Waals surface area contributed by atoms with E-state index in [1.807, 2.05) is 0 Å².